The van der Waals surface area contributed by atoms with Gasteiger partial charge in [0.05, 0.1) is 0 Å². The van der Waals surface area contributed by atoms with Crippen LogP contribution < -0.4 is 4.74 Å². The van der Waals surface area contributed by atoms with Gasteiger partial charge in [0.2, 0.25) is 0 Å². The average Bonchev–Trinajstić information content (AvgIpc) is 3.10. The van der Waals surface area contributed by atoms with E-state index < -0.39 is 0 Å². The molecular weight excluding hydrogens is 368 g/mol. The van der Waals surface area contributed by atoms with Crippen LogP contribution >= 0.6 is 11.8 Å². The van der Waals surface area contributed by atoms with Gasteiger partial charge in [0.25, 0.3) is 0 Å². The van der Waals surface area contributed by atoms with Gasteiger partial charge >= 0.3 is 5.97 Å². The number of carbonyl (C=O) groups excluding carboxylic acids is 1. The van der Waals surface area contributed by atoms with Gasteiger partial charge in [-0.2, -0.15) is 0 Å². The van der Waals surface area contributed by atoms with Crippen LogP contribution in [0.5, 0.6) is 5.75 Å². The number of rotatable bonds is 6. The number of hydrogen-bond acceptors (Lipinski definition) is 4. The topological polar surface area (TPSA) is 35.5 Å². The minimum absolute atomic E-state index is 0.0195. The fraction of sp³-hybridized carbons (Fsp3) is 0.458. The van der Waals surface area contributed by atoms with Crippen molar-refractivity contribution in [2.75, 3.05) is 6.61 Å². The van der Waals surface area contributed by atoms with Crippen LogP contribution in [0.3, 0.4) is 0 Å². The first-order chi connectivity index (χ1) is 13.6. The molecule has 2 aromatic rings. The smallest absolute Gasteiger partial charge is 0.344 e. The first kappa shape index (κ1) is 18.1. The summed E-state index contributed by atoms with van der Waals surface area (Å²) in [5.74, 6) is 3.23. The largest absolute Gasteiger partial charge is 0.482 e. The monoisotopic (exact) mass is 394 g/mol. The second kappa shape index (κ2) is 7.14. The quantitative estimate of drug-likeness (QED) is 0.599. The summed E-state index contributed by atoms with van der Waals surface area (Å²) in [6.07, 6.45) is 5.06. The second-order valence-electron chi connectivity index (χ2n) is 8.71. The molecule has 146 valence electrons. The van der Waals surface area contributed by atoms with E-state index in [1.807, 2.05) is 42.5 Å². The number of hydrogen-bond donors (Lipinski definition) is 0. The Labute approximate surface area is 170 Å². The molecule has 0 amide bonds. The molecule has 3 nitrogen and oxygen atoms in total. The molecule has 0 spiro atoms. The Bertz CT molecular complexity index is 846. The van der Waals surface area contributed by atoms with Crippen LogP contribution in [0.1, 0.15) is 32.6 Å². The molecule has 0 aromatic heterocycles. The first-order valence-corrected chi connectivity index (χ1v) is 11.1. The summed E-state index contributed by atoms with van der Waals surface area (Å²) in [5, 5.41) is 0. The lowest BCUT2D eigenvalue weighted by Crippen LogP contribution is -2.45. The zero-order valence-corrected chi connectivity index (χ0v) is 17.0. The van der Waals surface area contributed by atoms with E-state index in [1.165, 1.54) is 30.6 Å². The van der Waals surface area contributed by atoms with E-state index in [4.69, 9.17) is 9.47 Å². The van der Waals surface area contributed by atoms with E-state index in [0.717, 1.165) is 16.7 Å². The van der Waals surface area contributed by atoms with Crippen LogP contribution in [-0.4, -0.2) is 18.2 Å². The maximum absolute atomic E-state index is 12.5. The van der Waals surface area contributed by atoms with Crippen molar-refractivity contribution in [1.29, 1.82) is 0 Å². The molecule has 4 aliphatic rings. The summed E-state index contributed by atoms with van der Waals surface area (Å²) in [7, 11) is 0. The molecule has 0 N–H and O–H groups in total. The second-order valence-corrected chi connectivity index (χ2v) is 9.85. The molecule has 5 unspecified atom stereocenters. The Morgan fingerprint density at radius 2 is 1.75 bits per heavy atom. The van der Waals surface area contributed by atoms with Crippen molar-refractivity contribution in [2.24, 2.45) is 23.7 Å². The molecule has 4 heteroatoms. The molecule has 6 rings (SSSR count). The number of esters is 1. The van der Waals surface area contributed by atoms with Crippen molar-refractivity contribution in [1.82, 2.24) is 0 Å². The van der Waals surface area contributed by atoms with Gasteiger partial charge in [0.15, 0.2) is 6.61 Å². The maximum atomic E-state index is 12.5. The molecule has 4 aliphatic carbocycles. The zero-order chi connectivity index (χ0) is 19.1. The number of benzene rings is 2. The third-order valence-electron chi connectivity index (χ3n) is 7.04. The molecule has 0 radical (unpaired) electrons. The van der Waals surface area contributed by atoms with E-state index in [1.54, 1.807) is 11.8 Å². The van der Waals surface area contributed by atoms with Crippen molar-refractivity contribution in [3.63, 3.8) is 0 Å². The lowest BCUT2D eigenvalue weighted by molar-refractivity contribution is -0.173. The van der Waals surface area contributed by atoms with Gasteiger partial charge in [-0.3, -0.25) is 0 Å². The van der Waals surface area contributed by atoms with Crippen molar-refractivity contribution >= 4 is 17.7 Å². The summed E-state index contributed by atoms with van der Waals surface area (Å²) >= 11 is 1.71. The molecule has 0 saturated heterocycles. The highest BCUT2D eigenvalue weighted by atomic mass is 32.2. The normalized spacial score (nSPS) is 32.5. The van der Waals surface area contributed by atoms with Crippen LogP contribution in [-0.2, 0) is 9.53 Å². The SMILES string of the molecule is CC1(OC(=O)COc2ccc(Sc3ccccc3)cc2)C2CC3CC(C2)C1C3. The highest BCUT2D eigenvalue weighted by Gasteiger charge is 2.62. The van der Waals surface area contributed by atoms with Crippen molar-refractivity contribution < 1.29 is 14.3 Å². The van der Waals surface area contributed by atoms with Gasteiger partial charge in [0.1, 0.15) is 11.4 Å². The van der Waals surface area contributed by atoms with E-state index in [9.17, 15) is 4.79 Å². The zero-order valence-electron chi connectivity index (χ0n) is 16.2. The minimum Gasteiger partial charge on any atom is -0.482 e. The number of ether oxygens (including phenoxy) is 2. The van der Waals surface area contributed by atoms with E-state index in [-0.39, 0.29) is 18.2 Å². The Morgan fingerprint density at radius 1 is 1.00 bits per heavy atom. The molecular formula is C24H26O3S. The van der Waals surface area contributed by atoms with E-state index in [2.05, 4.69) is 19.1 Å². The molecule has 2 aromatic carbocycles. The third-order valence-corrected chi connectivity index (χ3v) is 8.05. The highest BCUT2D eigenvalue weighted by Crippen LogP contribution is 2.63. The molecule has 0 heterocycles. The highest BCUT2D eigenvalue weighted by molar-refractivity contribution is 7.99. The standard InChI is InChI=1S/C24H26O3S/c1-24(18-12-16-11-17(14-18)22(24)13-16)27-23(25)15-26-19-7-9-21(10-8-19)28-20-5-3-2-4-6-20/h2-10,16-18,22H,11-15H2,1H3. The summed E-state index contributed by atoms with van der Waals surface area (Å²) in [4.78, 5) is 14.8. The molecule has 4 bridgehead atoms. The molecule has 4 fully saturated rings. The summed E-state index contributed by atoms with van der Waals surface area (Å²) < 4.78 is 11.7. The van der Waals surface area contributed by atoms with Crippen molar-refractivity contribution in [3.8, 4) is 5.75 Å². The van der Waals surface area contributed by atoms with Crippen molar-refractivity contribution in [2.45, 2.75) is 48.0 Å². The van der Waals surface area contributed by atoms with Gasteiger partial charge < -0.3 is 9.47 Å². The number of carbonyl (C=O) groups is 1. The van der Waals surface area contributed by atoms with Crippen LogP contribution in [0.25, 0.3) is 0 Å². The van der Waals surface area contributed by atoms with Gasteiger partial charge in [-0.05, 0) is 86.8 Å². The van der Waals surface area contributed by atoms with Crippen LogP contribution in [0.2, 0.25) is 0 Å². The fourth-order valence-electron chi connectivity index (χ4n) is 5.83. The Balaban J connectivity index is 1.15. The van der Waals surface area contributed by atoms with Crippen molar-refractivity contribution in [3.05, 3.63) is 54.6 Å². The summed E-state index contributed by atoms with van der Waals surface area (Å²) in [5.41, 5.74) is -0.270. The van der Waals surface area contributed by atoms with Gasteiger partial charge in [-0.15, -0.1) is 0 Å². The van der Waals surface area contributed by atoms with Gasteiger partial charge in [-0.25, -0.2) is 4.79 Å². The predicted octanol–water partition coefficient (Wildman–Crippen LogP) is 5.58. The minimum atomic E-state index is -0.270. The molecule has 5 atom stereocenters. The molecule has 0 aliphatic heterocycles. The fourth-order valence-corrected chi connectivity index (χ4v) is 6.67. The van der Waals surface area contributed by atoms with E-state index >= 15 is 0 Å². The lowest BCUT2D eigenvalue weighted by atomic mass is 9.73. The predicted molar refractivity (Wildman–Crippen MR) is 109 cm³/mol. The van der Waals surface area contributed by atoms with Gasteiger partial charge in [-0.1, -0.05) is 30.0 Å². The van der Waals surface area contributed by atoms with Crippen LogP contribution in [0.15, 0.2) is 64.4 Å². The van der Waals surface area contributed by atoms with Crippen LogP contribution in [0.4, 0.5) is 0 Å². The van der Waals surface area contributed by atoms with E-state index in [0.29, 0.717) is 17.6 Å². The van der Waals surface area contributed by atoms with Gasteiger partial charge in [0, 0.05) is 15.7 Å². The Hall–Kier alpha value is -1.94. The first-order valence-electron chi connectivity index (χ1n) is 10.3. The Morgan fingerprint density at radius 3 is 2.50 bits per heavy atom. The summed E-state index contributed by atoms with van der Waals surface area (Å²) in [6, 6.07) is 18.1. The van der Waals surface area contributed by atoms with Crippen LogP contribution in [0, 0.1) is 23.7 Å². The molecule has 28 heavy (non-hydrogen) atoms. The Kier molecular flexibility index (Phi) is 4.62. The maximum Gasteiger partial charge on any atom is 0.344 e. The lowest BCUT2D eigenvalue weighted by Gasteiger charge is -2.41. The third kappa shape index (κ3) is 3.32. The summed E-state index contributed by atoms with van der Waals surface area (Å²) in [6.45, 7) is 2.14. The molecule has 4 saturated carbocycles. The average molecular weight is 395 g/mol.